The highest BCUT2D eigenvalue weighted by molar-refractivity contribution is 5.91. The van der Waals surface area contributed by atoms with Crippen LogP contribution in [0.5, 0.6) is 0 Å². The highest BCUT2D eigenvalue weighted by atomic mass is 16.3. The van der Waals surface area contributed by atoms with E-state index in [0.717, 1.165) is 23.3 Å². The lowest BCUT2D eigenvalue weighted by Gasteiger charge is -2.21. The van der Waals surface area contributed by atoms with Crippen molar-refractivity contribution in [2.45, 2.75) is 33.4 Å². The highest BCUT2D eigenvalue weighted by Crippen LogP contribution is 2.13. The van der Waals surface area contributed by atoms with Gasteiger partial charge in [-0.3, -0.25) is 9.78 Å². The molecule has 2 aromatic heterocycles. The van der Waals surface area contributed by atoms with Crippen molar-refractivity contribution in [3.05, 3.63) is 95.2 Å². The fraction of sp³-hybridized carbons (Fsp3) is 0.217. The first-order valence-electron chi connectivity index (χ1n) is 9.14. The molecule has 0 atom stereocenters. The van der Waals surface area contributed by atoms with E-state index >= 15 is 0 Å². The van der Waals surface area contributed by atoms with Crippen LogP contribution in [-0.2, 0) is 24.3 Å². The lowest BCUT2D eigenvalue weighted by Crippen LogP contribution is -2.28. The second kappa shape index (κ2) is 8.99. The molecule has 138 valence electrons. The molecule has 4 nitrogen and oxygen atoms in total. The molecule has 27 heavy (non-hydrogen) atoms. The Balaban J connectivity index is 1.77. The third kappa shape index (κ3) is 5.42. The lowest BCUT2D eigenvalue weighted by molar-refractivity contribution is -0.127. The summed E-state index contributed by atoms with van der Waals surface area (Å²) in [5.41, 5.74) is 3.39. The minimum absolute atomic E-state index is 0.0625. The number of furan rings is 1. The minimum Gasteiger partial charge on any atom is -0.462 e. The summed E-state index contributed by atoms with van der Waals surface area (Å²) in [5.74, 6) is 1.44. The Kier molecular flexibility index (Phi) is 6.21. The molecule has 0 aliphatic rings. The molecule has 0 saturated heterocycles. The minimum atomic E-state index is -0.0625. The summed E-state index contributed by atoms with van der Waals surface area (Å²) < 4.78 is 5.51. The fourth-order valence-electron chi connectivity index (χ4n) is 2.83. The quantitative estimate of drug-likeness (QED) is 0.569. The third-order valence-corrected chi connectivity index (χ3v) is 4.36. The van der Waals surface area contributed by atoms with Crippen LogP contribution in [0.25, 0.3) is 6.08 Å². The van der Waals surface area contributed by atoms with Crippen LogP contribution in [-0.4, -0.2) is 15.8 Å². The molecule has 3 aromatic rings. The first-order chi connectivity index (χ1) is 13.1. The first kappa shape index (κ1) is 18.6. The molecule has 0 N–H and O–H groups in total. The van der Waals surface area contributed by atoms with Crippen LogP contribution >= 0.6 is 0 Å². The molecule has 0 saturated carbocycles. The zero-order valence-corrected chi connectivity index (χ0v) is 15.8. The summed E-state index contributed by atoms with van der Waals surface area (Å²) in [6, 6.07) is 16.0. The maximum absolute atomic E-state index is 12.8. The number of hydrogen-bond donors (Lipinski definition) is 0. The van der Waals surface area contributed by atoms with Gasteiger partial charge < -0.3 is 9.32 Å². The first-order valence-corrected chi connectivity index (χ1v) is 9.14. The summed E-state index contributed by atoms with van der Waals surface area (Å²) in [6.07, 6.45) is 7.81. The van der Waals surface area contributed by atoms with Crippen molar-refractivity contribution in [2.24, 2.45) is 0 Å². The van der Waals surface area contributed by atoms with Gasteiger partial charge in [0.15, 0.2) is 0 Å². The zero-order chi connectivity index (χ0) is 19.1. The molecule has 0 aliphatic carbocycles. The van der Waals surface area contributed by atoms with Crippen molar-refractivity contribution in [2.75, 3.05) is 0 Å². The number of benzene rings is 1. The second-order valence-electron chi connectivity index (χ2n) is 6.51. The molecule has 1 amide bonds. The molecule has 4 heteroatoms. The molecule has 0 bridgehead atoms. The Morgan fingerprint density at radius 3 is 2.41 bits per heavy atom. The van der Waals surface area contributed by atoms with Gasteiger partial charge in [-0.15, -0.1) is 0 Å². The van der Waals surface area contributed by atoms with E-state index in [-0.39, 0.29) is 5.91 Å². The second-order valence-corrected chi connectivity index (χ2v) is 6.51. The summed E-state index contributed by atoms with van der Waals surface area (Å²) >= 11 is 0. The van der Waals surface area contributed by atoms with Crippen LogP contribution in [0.3, 0.4) is 0 Å². The van der Waals surface area contributed by atoms with E-state index in [0.29, 0.717) is 18.8 Å². The molecule has 1 aromatic carbocycles. The van der Waals surface area contributed by atoms with Crippen molar-refractivity contribution in [3.63, 3.8) is 0 Å². The van der Waals surface area contributed by atoms with Gasteiger partial charge in [-0.2, -0.15) is 0 Å². The van der Waals surface area contributed by atoms with Gasteiger partial charge in [0.1, 0.15) is 11.5 Å². The SMILES string of the molecule is CCc1ccc(CN(Cc2cccnc2)C(=O)/C=C\c2ccc(C)o2)cc1. The van der Waals surface area contributed by atoms with Gasteiger partial charge in [0.2, 0.25) is 5.91 Å². The van der Waals surface area contributed by atoms with Crippen molar-refractivity contribution >= 4 is 12.0 Å². The highest BCUT2D eigenvalue weighted by Gasteiger charge is 2.13. The molecule has 0 unspecified atom stereocenters. The number of carbonyl (C=O) groups is 1. The molecule has 0 spiro atoms. The van der Waals surface area contributed by atoms with Crippen LogP contribution in [0.4, 0.5) is 0 Å². The van der Waals surface area contributed by atoms with Crippen LogP contribution in [0, 0.1) is 6.92 Å². The largest absolute Gasteiger partial charge is 0.462 e. The molecule has 0 radical (unpaired) electrons. The van der Waals surface area contributed by atoms with Crippen LogP contribution in [0.15, 0.2) is 71.4 Å². The number of aromatic nitrogens is 1. The molecule has 2 heterocycles. The lowest BCUT2D eigenvalue weighted by atomic mass is 10.1. The van der Waals surface area contributed by atoms with Crippen LogP contribution in [0.2, 0.25) is 0 Å². The maximum atomic E-state index is 12.8. The van der Waals surface area contributed by atoms with Gasteiger partial charge in [-0.05, 0) is 54.3 Å². The Labute approximate surface area is 160 Å². The normalized spacial score (nSPS) is 11.0. The Morgan fingerprint density at radius 1 is 1.04 bits per heavy atom. The number of amides is 1. The predicted molar refractivity (Wildman–Crippen MR) is 107 cm³/mol. The number of nitrogens with zero attached hydrogens (tertiary/aromatic N) is 2. The Hall–Kier alpha value is -3.14. The summed E-state index contributed by atoms with van der Waals surface area (Å²) in [6.45, 7) is 5.06. The van der Waals surface area contributed by atoms with Gasteiger partial charge >= 0.3 is 0 Å². The van der Waals surface area contributed by atoms with E-state index in [1.807, 2.05) is 36.1 Å². The maximum Gasteiger partial charge on any atom is 0.247 e. The van der Waals surface area contributed by atoms with E-state index in [4.69, 9.17) is 4.42 Å². The van der Waals surface area contributed by atoms with E-state index < -0.39 is 0 Å². The number of rotatable bonds is 7. The third-order valence-electron chi connectivity index (χ3n) is 4.36. The van der Waals surface area contributed by atoms with Gasteiger partial charge in [0, 0.05) is 31.6 Å². The Morgan fingerprint density at radius 2 is 1.78 bits per heavy atom. The van der Waals surface area contributed by atoms with Gasteiger partial charge in [0.05, 0.1) is 0 Å². The van der Waals surface area contributed by atoms with Gasteiger partial charge in [0.25, 0.3) is 0 Å². The molecule has 3 rings (SSSR count). The van der Waals surface area contributed by atoms with Crippen molar-refractivity contribution in [3.8, 4) is 0 Å². The van der Waals surface area contributed by atoms with Crippen LogP contribution < -0.4 is 0 Å². The van der Waals surface area contributed by atoms with Crippen molar-refractivity contribution < 1.29 is 9.21 Å². The standard InChI is InChI=1S/C23H24N2O2/c1-3-19-7-9-20(10-8-19)16-25(17-21-5-4-14-24-15-21)23(26)13-12-22-11-6-18(2)27-22/h4-15H,3,16-17H2,1-2H3/b13-12-. The van der Waals surface area contributed by atoms with Crippen molar-refractivity contribution in [1.82, 2.24) is 9.88 Å². The molecule has 0 fully saturated rings. The number of carbonyl (C=O) groups excluding carboxylic acids is 1. The predicted octanol–water partition coefficient (Wildman–Crippen LogP) is 4.79. The summed E-state index contributed by atoms with van der Waals surface area (Å²) in [7, 11) is 0. The molecule has 0 aliphatic heterocycles. The zero-order valence-electron chi connectivity index (χ0n) is 15.8. The molecular formula is C23H24N2O2. The van der Waals surface area contributed by atoms with Gasteiger partial charge in [-0.1, -0.05) is 37.3 Å². The number of hydrogen-bond acceptors (Lipinski definition) is 3. The smallest absolute Gasteiger partial charge is 0.247 e. The van der Waals surface area contributed by atoms with Crippen LogP contribution in [0.1, 0.15) is 35.1 Å². The average molecular weight is 360 g/mol. The monoisotopic (exact) mass is 360 g/mol. The van der Waals surface area contributed by atoms with E-state index in [1.54, 1.807) is 24.5 Å². The average Bonchev–Trinajstić information content (AvgIpc) is 3.12. The summed E-state index contributed by atoms with van der Waals surface area (Å²) in [4.78, 5) is 18.8. The summed E-state index contributed by atoms with van der Waals surface area (Å²) in [5, 5.41) is 0. The fourth-order valence-corrected chi connectivity index (χ4v) is 2.83. The van der Waals surface area contributed by atoms with E-state index in [9.17, 15) is 4.79 Å². The molecular weight excluding hydrogens is 336 g/mol. The Bertz CT molecular complexity index is 896. The topological polar surface area (TPSA) is 46.3 Å². The number of pyridine rings is 1. The van der Waals surface area contributed by atoms with E-state index in [2.05, 4.69) is 36.2 Å². The van der Waals surface area contributed by atoms with Crippen molar-refractivity contribution in [1.29, 1.82) is 0 Å². The van der Waals surface area contributed by atoms with Gasteiger partial charge in [-0.25, -0.2) is 0 Å². The van der Waals surface area contributed by atoms with E-state index in [1.165, 1.54) is 5.56 Å². The number of aryl methyl sites for hydroxylation is 2.